The van der Waals surface area contributed by atoms with Gasteiger partial charge >= 0.3 is 0 Å². The lowest BCUT2D eigenvalue weighted by molar-refractivity contribution is -0.126. The number of hydrogen-bond acceptors (Lipinski definition) is 3. The van der Waals surface area contributed by atoms with Crippen LogP contribution >= 0.6 is 0 Å². The maximum atomic E-state index is 12.9. The van der Waals surface area contributed by atoms with Crippen LogP contribution in [-0.4, -0.2) is 42.3 Å². The molecule has 0 bridgehead atoms. The van der Waals surface area contributed by atoms with Crippen molar-refractivity contribution in [2.24, 2.45) is 5.92 Å². The highest BCUT2D eigenvalue weighted by molar-refractivity contribution is 6.04. The third kappa shape index (κ3) is 6.17. The SMILES string of the molecule is CCCCNC(=O)C1CCCN(C(=O)c2ccc(NC(=O)c3ccc(C)cc3)cc2)C1. The van der Waals surface area contributed by atoms with E-state index in [0.717, 1.165) is 31.2 Å². The first-order valence-corrected chi connectivity index (χ1v) is 11.0. The molecule has 2 N–H and O–H groups in total. The van der Waals surface area contributed by atoms with E-state index in [1.54, 1.807) is 41.3 Å². The topological polar surface area (TPSA) is 78.5 Å². The van der Waals surface area contributed by atoms with Crippen molar-refractivity contribution >= 4 is 23.4 Å². The third-order valence-electron chi connectivity index (χ3n) is 5.61. The number of amides is 3. The number of anilines is 1. The van der Waals surface area contributed by atoms with Crippen LogP contribution in [-0.2, 0) is 4.79 Å². The number of likely N-dealkylation sites (tertiary alicyclic amines) is 1. The summed E-state index contributed by atoms with van der Waals surface area (Å²) in [6.45, 7) is 5.86. The van der Waals surface area contributed by atoms with Gasteiger partial charge < -0.3 is 15.5 Å². The number of nitrogens with zero attached hydrogens (tertiary/aromatic N) is 1. The molecule has 2 aromatic carbocycles. The zero-order valence-corrected chi connectivity index (χ0v) is 18.3. The van der Waals surface area contributed by atoms with E-state index in [1.165, 1.54) is 0 Å². The maximum Gasteiger partial charge on any atom is 0.255 e. The zero-order valence-electron chi connectivity index (χ0n) is 18.3. The zero-order chi connectivity index (χ0) is 22.2. The van der Waals surface area contributed by atoms with Crippen LogP contribution in [0.25, 0.3) is 0 Å². The van der Waals surface area contributed by atoms with Crippen molar-refractivity contribution < 1.29 is 14.4 Å². The highest BCUT2D eigenvalue weighted by atomic mass is 16.2. The summed E-state index contributed by atoms with van der Waals surface area (Å²) >= 11 is 0. The molecule has 1 atom stereocenters. The Morgan fingerprint density at radius 1 is 1.00 bits per heavy atom. The first kappa shape index (κ1) is 22.5. The number of unbranched alkanes of at least 4 members (excludes halogenated alkanes) is 1. The Morgan fingerprint density at radius 2 is 1.68 bits per heavy atom. The van der Waals surface area contributed by atoms with E-state index in [4.69, 9.17) is 0 Å². The number of rotatable bonds is 7. The van der Waals surface area contributed by atoms with Crippen molar-refractivity contribution in [1.29, 1.82) is 0 Å². The monoisotopic (exact) mass is 421 g/mol. The third-order valence-corrected chi connectivity index (χ3v) is 5.61. The smallest absolute Gasteiger partial charge is 0.255 e. The molecule has 0 saturated carbocycles. The molecular weight excluding hydrogens is 390 g/mol. The Kier molecular flexibility index (Phi) is 7.82. The minimum absolute atomic E-state index is 0.0418. The van der Waals surface area contributed by atoms with Crippen LogP contribution in [0.3, 0.4) is 0 Å². The minimum atomic E-state index is -0.188. The largest absolute Gasteiger partial charge is 0.356 e. The summed E-state index contributed by atoms with van der Waals surface area (Å²) in [4.78, 5) is 39.4. The van der Waals surface area contributed by atoms with E-state index < -0.39 is 0 Å². The second kappa shape index (κ2) is 10.8. The van der Waals surface area contributed by atoms with Crippen molar-refractivity contribution in [2.45, 2.75) is 39.5 Å². The van der Waals surface area contributed by atoms with E-state index in [-0.39, 0.29) is 23.6 Å². The normalized spacial score (nSPS) is 15.9. The van der Waals surface area contributed by atoms with Gasteiger partial charge in [-0.3, -0.25) is 14.4 Å². The number of hydrogen-bond donors (Lipinski definition) is 2. The molecule has 1 saturated heterocycles. The van der Waals surface area contributed by atoms with Crippen LogP contribution in [0.2, 0.25) is 0 Å². The number of piperidine rings is 1. The van der Waals surface area contributed by atoms with E-state index in [9.17, 15) is 14.4 Å². The van der Waals surface area contributed by atoms with Crippen molar-refractivity contribution in [3.63, 3.8) is 0 Å². The lowest BCUT2D eigenvalue weighted by Gasteiger charge is -2.32. The molecule has 1 unspecified atom stereocenters. The summed E-state index contributed by atoms with van der Waals surface area (Å²) < 4.78 is 0. The van der Waals surface area contributed by atoms with Crippen LogP contribution in [0.15, 0.2) is 48.5 Å². The molecule has 3 rings (SSSR count). The first-order chi connectivity index (χ1) is 15.0. The van der Waals surface area contributed by atoms with Gasteiger partial charge in [-0.05, 0) is 62.6 Å². The Bertz CT molecular complexity index is 907. The van der Waals surface area contributed by atoms with Gasteiger partial charge in [-0.15, -0.1) is 0 Å². The fraction of sp³-hybridized carbons (Fsp3) is 0.400. The molecule has 1 fully saturated rings. The molecule has 0 aliphatic carbocycles. The molecule has 0 radical (unpaired) electrons. The molecule has 31 heavy (non-hydrogen) atoms. The highest BCUT2D eigenvalue weighted by Gasteiger charge is 2.28. The van der Waals surface area contributed by atoms with Gasteiger partial charge in [0.15, 0.2) is 0 Å². The van der Waals surface area contributed by atoms with Crippen LogP contribution in [0.5, 0.6) is 0 Å². The molecule has 2 aromatic rings. The second-order valence-corrected chi connectivity index (χ2v) is 8.13. The van der Waals surface area contributed by atoms with E-state index in [1.807, 2.05) is 19.1 Å². The second-order valence-electron chi connectivity index (χ2n) is 8.13. The summed E-state index contributed by atoms with van der Waals surface area (Å²) in [6.07, 6.45) is 3.64. The molecule has 1 aliphatic heterocycles. The molecule has 0 spiro atoms. The van der Waals surface area contributed by atoms with Crippen LogP contribution in [0.4, 0.5) is 5.69 Å². The molecule has 164 valence electrons. The standard InChI is InChI=1S/C25H31N3O3/c1-3-4-15-26-23(29)21-6-5-16-28(17-21)25(31)20-11-13-22(14-12-20)27-24(30)19-9-7-18(2)8-10-19/h7-14,21H,3-6,15-17H2,1-2H3,(H,26,29)(H,27,30). The number of nitrogens with one attached hydrogen (secondary N) is 2. The maximum absolute atomic E-state index is 12.9. The van der Waals surface area contributed by atoms with Gasteiger partial charge in [0.1, 0.15) is 0 Å². The molecule has 6 heteroatoms. The summed E-state index contributed by atoms with van der Waals surface area (Å²) in [5, 5.41) is 5.83. The van der Waals surface area contributed by atoms with E-state index in [2.05, 4.69) is 17.6 Å². The highest BCUT2D eigenvalue weighted by Crippen LogP contribution is 2.20. The van der Waals surface area contributed by atoms with Crippen LogP contribution in [0.1, 0.15) is 58.9 Å². The van der Waals surface area contributed by atoms with Crippen molar-refractivity contribution in [3.05, 3.63) is 65.2 Å². The quantitative estimate of drug-likeness (QED) is 0.663. The summed E-state index contributed by atoms with van der Waals surface area (Å²) in [7, 11) is 0. The average molecular weight is 422 g/mol. The molecule has 1 heterocycles. The Hall–Kier alpha value is -3.15. The van der Waals surface area contributed by atoms with Gasteiger partial charge in [0.05, 0.1) is 5.92 Å². The van der Waals surface area contributed by atoms with Crippen LogP contribution in [0, 0.1) is 12.8 Å². The molecule has 0 aromatic heterocycles. The first-order valence-electron chi connectivity index (χ1n) is 11.0. The molecule has 6 nitrogen and oxygen atoms in total. The van der Waals surface area contributed by atoms with E-state index in [0.29, 0.717) is 36.4 Å². The van der Waals surface area contributed by atoms with Gasteiger partial charge in [0, 0.05) is 36.4 Å². The molecule has 1 aliphatic rings. The summed E-state index contributed by atoms with van der Waals surface area (Å²) in [5.74, 6) is -0.378. The lowest BCUT2D eigenvalue weighted by atomic mass is 9.96. The van der Waals surface area contributed by atoms with Crippen molar-refractivity contribution in [1.82, 2.24) is 10.2 Å². The average Bonchev–Trinajstić information content (AvgIpc) is 2.79. The summed E-state index contributed by atoms with van der Waals surface area (Å²) in [5.41, 5.74) is 2.87. The summed E-state index contributed by atoms with van der Waals surface area (Å²) in [6, 6.07) is 14.3. The van der Waals surface area contributed by atoms with Crippen LogP contribution < -0.4 is 10.6 Å². The van der Waals surface area contributed by atoms with Gasteiger partial charge in [0.25, 0.3) is 11.8 Å². The Balaban J connectivity index is 1.57. The number of aryl methyl sites for hydroxylation is 1. The fourth-order valence-electron chi connectivity index (χ4n) is 3.70. The predicted molar refractivity (Wildman–Crippen MR) is 122 cm³/mol. The fourth-order valence-corrected chi connectivity index (χ4v) is 3.70. The van der Waals surface area contributed by atoms with Gasteiger partial charge in [0.2, 0.25) is 5.91 Å². The molecule has 3 amide bonds. The van der Waals surface area contributed by atoms with Gasteiger partial charge in [-0.1, -0.05) is 31.0 Å². The minimum Gasteiger partial charge on any atom is -0.356 e. The van der Waals surface area contributed by atoms with Gasteiger partial charge in [-0.25, -0.2) is 0 Å². The van der Waals surface area contributed by atoms with Crippen molar-refractivity contribution in [2.75, 3.05) is 25.0 Å². The van der Waals surface area contributed by atoms with Gasteiger partial charge in [-0.2, -0.15) is 0 Å². The molecular formula is C25H31N3O3. The lowest BCUT2D eigenvalue weighted by Crippen LogP contribution is -2.45. The van der Waals surface area contributed by atoms with E-state index >= 15 is 0 Å². The predicted octanol–water partition coefficient (Wildman–Crippen LogP) is 4.02. The number of carbonyl (C=O) groups is 3. The number of benzene rings is 2. The van der Waals surface area contributed by atoms with Crippen molar-refractivity contribution in [3.8, 4) is 0 Å². The Labute approximate surface area is 184 Å². The number of carbonyl (C=O) groups excluding carboxylic acids is 3. The Morgan fingerprint density at radius 3 is 2.35 bits per heavy atom.